The third-order valence-electron chi connectivity index (χ3n) is 3.00. The second-order valence-corrected chi connectivity index (χ2v) is 4.98. The van der Waals surface area contributed by atoms with Gasteiger partial charge in [-0.15, -0.1) is 0 Å². The van der Waals surface area contributed by atoms with Crippen molar-refractivity contribution in [3.05, 3.63) is 0 Å². The molecule has 158 valence electrons. The maximum absolute atomic E-state index is 13.1. The highest BCUT2D eigenvalue weighted by molar-refractivity contribution is 5.06. The molecule has 0 fully saturated rings. The fourth-order valence-corrected chi connectivity index (χ4v) is 1.47. The van der Waals surface area contributed by atoms with Crippen LogP contribution in [-0.2, 0) is 0 Å². The molecule has 0 heterocycles. The fourth-order valence-electron chi connectivity index (χ4n) is 1.47. The summed E-state index contributed by atoms with van der Waals surface area (Å²) in [6.07, 6.45) is -14.3. The first kappa shape index (κ1) is 24.9. The molecule has 26 heavy (non-hydrogen) atoms. The molecule has 0 aromatic heterocycles. The molecular weight excluding hydrogens is 421 g/mol. The van der Waals surface area contributed by atoms with Crippen molar-refractivity contribution in [3.8, 4) is 0 Å². The van der Waals surface area contributed by atoms with Crippen molar-refractivity contribution in [2.45, 2.75) is 54.6 Å². The van der Waals surface area contributed by atoms with Crippen LogP contribution >= 0.6 is 0 Å². The van der Waals surface area contributed by atoms with E-state index in [1.54, 1.807) is 0 Å². The van der Waals surface area contributed by atoms with Gasteiger partial charge in [-0.25, -0.2) is 0 Å². The van der Waals surface area contributed by atoms with Crippen molar-refractivity contribution in [2.75, 3.05) is 6.61 Å². The van der Waals surface area contributed by atoms with Gasteiger partial charge in [0.2, 0.25) is 0 Å². The van der Waals surface area contributed by atoms with Crippen LogP contribution in [0.4, 0.5) is 65.9 Å². The molecule has 0 amide bonds. The molecule has 0 aliphatic heterocycles. The third kappa shape index (κ3) is 3.78. The standard InChI is InChI=1S/C10H7F15O/c11-4(12,1-2-26)7(17,18)5(13,14)3-6(15,16)8(19,20)9(21,22)10(23,24)25/h26H,1-3H2. The quantitative estimate of drug-likeness (QED) is 0.532. The van der Waals surface area contributed by atoms with Crippen molar-refractivity contribution in [1.29, 1.82) is 0 Å². The molecule has 0 saturated heterocycles. The number of halogens is 15. The van der Waals surface area contributed by atoms with Crippen LogP contribution in [0.1, 0.15) is 12.8 Å². The highest BCUT2D eigenvalue weighted by Crippen LogP contribution is 2.58. The van der Waals surface area contributed by atoms with Crippen molar-refractivity contribution < 1.29 is 71.0 Å². The van der Waals surface area contributed by atoms with Gasteiger partial charge in [0.25, 0.3) is 0 Å². The molecule has 1 nitrogen and oxygen atoms in total. The lowest BCUT2D eigenvalue weighted by Gasteiger charge is -2.38. The van der Waals surface area contributed by atoms with Crippen molar-refractivity contribution in [3.63, 3.8) is 0 Å². The van der Waals surface area contributed by atoms with Crippen LogP contribution in [0.2, 0.25) is 0 Å². The smallest absolute Gasteiger partial charge is 0.396 e. The molecule has 0 unspecified atom stereocenters. The Hall–Kier alpha value is -1.09. The Morgan fingerprint density at radius 3 is 1.12 bits per heavy atom. The van der Waals surface area contributed by atoms with Crippen LogP contribution in [0.3, 0.4) is 0 Å². The predicted octanol–water partition coefficient (Wildman–Crippen LogP) is 5.13. The van der Waals surface area contributed by atoms with Crippen LogP contribution in [-0.4, -0.2) is 53.4 Å². The maximum atomic E-state index is 13.1. The van der Waals surface area contributed by atoms with Gasteiger partial charge in [0, 0.05) is 13.0 Å². The van der Waals surface area contributed by atoms with Crippen molar-refractivity contribution in [1.82, 2.24) is 0 Å². The van der Waals surface area contributed by atoms with Crippen LogP contribution in [0, 0.1) is 0 Å². The van der Waals surface area contributed by atoms with Gasteiger partial charge < -0.3 is 5.11 Å². The highest BCUT2D eigenvalue weighted by Gasteiger charge is 2.84. The van der Waals surface area contributed by atoms with Gasteiger partial charge in [-0.1, -0.05) is 0 Å². The summed E-state index contributed by atoms with van der Waals surface area (Å²) in [5.41, 5.74) is 0. The van der Waals surface area contributed by atoms with E-state index in [9.17, 15) is 65.9 Å². The summed E-state index contributed by atoms with van der Waals surface area (Å²) in [6, 6.07) is 0. The zero-order chi connectivity index (χ0) is 21.6. The largest absolute Gasteiger partial charge is 0.460 e. The predicted molar refractivity (Wildman–Crippen MR) is 52.1 cm³/mol. The summed E-state index contributed by atoms with van der Waals surface area (Å²) in [4.78, 5) is 0. The van der Waals surface area contributed by atoms with Gasteiger partial charge in [0.1, 0.15) is 0 Å². The molecule has 0 aromatic carbocycles. The first-order valence-electron chi connectivity index (χ1n) is 5.96. The molecular formula is C10H7F15O. The lowest BCUT2D eigenvalue weighted by atomic mass is 9.92. The van der Waals surface area contributed by atoms with Crippen LogP contribution in [0.5, 0.6) is 0 Å². The topological polar surface area (TPSA) is 20.2 Å². The molecule has 0 radical (unpaired) electrons. The Kier molecular flexibility index (Phi) is 6.24. The van der Waals surface area contributed by atoms with E-state index < -0.39 is 61.2 Å². The van der Waals surface area contributed by atoms with E-state index in [-0.39, 0.29) is 0 Å². The van der Waals surface area contributed by atoms with E-state index in [0.29, 0.717) is 0 Å². The van der Waals surface area contributed by atoms with E-state index in [2.05, 4.69) is 0 Å². The minimum Gasteiger partial charge on any atom is -0.396 e. The summed E-state index contributed by atoms with van der Waals surface area (Å²) in [6.45, 7) is -1.91. The Bertz CT molecular complexity index is 491. The van der Waals surface area contributed by atoms with Gasteiger partial charge in [-0.2, -0.15) is 65.9 Å². The molecule has 0 rings (SSSR count). The van der Waals surface area contributed by atoms with Gasteiger partial charge >= 0.3 is 41.7 Å². The molecule has 0 spiro atoms. The minimum absolute atomic E-state index is 1.91. The van der Waals surface area contributed by atoms with Gasteiger partial charge in [-0.3, -0.25) is 0 Å². The van der Waals surface area contributed by atoms with Crippen LogP contribution in [0.25, 0.3) is 0 Å². The summed E-state index contributed by atoms with van der Waals surface area (Å²) in [5, 5.41) is 8.04. The summed E-state index contributed by atoms with van der Waals surface area (Å²) >= 11 is 0. The first-order valence-corrected chi connectivity index (χ1v) is 5.96. The first-order chi connectivity index (χ1) is 11.0. The average Bonchev–Trinajstić information content (AvgIpc) is 2.34. The highest BCUT2D eigenvalue weighted by atomic mass is 19.4. The number of aliphatic hydroxyl groups excluding tert-OH is 1. The lowest BCUT2D eigenvalue weighted by Crippen LogP contribution is -2.64. The maximum Gasteiger partial charge on any atom is 0.460 e. The minimum atomic E-state index is -7.68. The fraction of sp³-hybridized carbons (Fsp3) is 1.00. The number of rotatable bonds is 8. The van der Waals surface area contributed by atoms with E-state index in [4.69, 9.17) is 5.11 Å². The van der Waals surface area contributed by atoms with E-state index in [1.165, 1.54) is 0 Å². The SMILES string of the molecule is OCCC(F)(F)C(F)(F)C(F)(F)CC(F)(F)C(F)(F)C(F)(F)C(F)(F)F. The van der Waals surface area contributed by atoms with E-state index >= 15 is 0 Å². The summed E-state index contributed by atoms with van der Waals surface area (Å²) < 4.78 is 190. The zero-order valence-electron chi connectivity index (χ0n) is 11.7. The summed E-state index contributed by atoms with van der Waals surface area (Å²) in [7, 11) is 0. The number of alkyl halides is 15. The second-order valence-electron chi connectivity index (χ2n) is 4.98. The van der Waals surface area contributed by atoms with Crippen LogP contribution in [0.15, 0.2) is 0 Å². The normalized spacial score (nSPS) is 16.2. The monoisotopic (exact) mass is 428 g/mol. The molecule has 0 aromatic rings. The third-order valence-corrected chi connectivity index (χ3v) is 3.00. The molecule has 0 saturated carbocycles. The Balaban J connectivity index is 5.99. The van der Waals surface area contributed by atoms with Gasteiger partial charge in [0.15, 0.2) is 0 Å². The molecule has 0 atom stereocenters. The Labute approximate surface area is 133 Å². The van der Waals surface area contributed by atoms with E-state index in [0.717, 1.165) is 0 Å². The number of hydrogen-bond donors (Lipinski definition) is 1. The summed E-state index contributed by atoms with van der Waals surface area (Å²) in [5.74, 6) is -42.3. The van der Waals surface area contributed by atoms with Crippen molar-refractivity contribution >= 4 is 0 Å². The second kappa shape index (κ2) is 6.51. The molecule has 1 N–H and O–H groups in total. The average molecular weight is 428 g/mol. The molecule has 0 aliphatic carbocycles. The number of hydrogen-bond acceptors (Lipinski definition) is 1. The number of aliphatic hydroxyl groups is 1. The van der Waals surface area contributed by atoms with Crippen LogP contribution < -0.4 is 0 Å². The zero-order valence-corrected chi connectivity index (χ0v) is 11.7. The Morgan fingerprint density at radius 1 is 0.462 bits per heavy atom. The van der Waals surface area contributed by atoms with E-state index in [1.807, 2.05) is 0 Å². The lowest BCUT2D eigenvalue weighted by molar-refractivity contribution is -0.408. The molecule has 0 aliphatic rings. The Morgan fingerprint density at radius 2 is 0.808 bits per heavy atom. The van der Waals surface area contributed by atoms with Gasteiger partial charge in [0.05, 0.1) is 6.42 Å². The van der Waals surface area contributed by atoms with Gasteiger partial charge in [-0.05, 0) is 0 Å². The molecule has 0 bridgehead atoms. The molecule has 16 heteroatoms. The van der Waals surface area contributed by atoms with Crippen molar-refractivity contribution in [2.24, 2.45) is 0 Å².